The molecular weight excluding hydrogens is 467 g/mol. The third-order valence-corrected chi connectivity index (χ3v) is 5.26. The zero-order valence-electron chi connectivity index (χ0n) is 17.5. The van der Waals surface area contributed by atoms with Crippen molar-refractivity contribution in [3.05, 3.63) is 58.6 Å². The Morgan fingerprint density at radius 2 is 1.73 bits per heavy atom. The molecule has 4 amide bonds. The number of hydrogen-bond donors (Lipinski definition) is 2. The fraction of sp³-hybridized carbons (Fsp3) is 0.286. The van der Waals surface area contributed by atoms with E-state index in [1.165, 1.54) is 38.5 Å². The Hall–Kier alpha value is -3.47. The fourth-order valence-corrected chi connectivity index (χ4v) is 3.37. The van der Waals surface area contributed by atoms with Gasteiger partial charge in [0.2, 0.25) is 0 Å². The van der Waals surface area contributed by atoms with Crippen molar-refractivity contribution in [3.63, 3.8) is 0 Å². The van der Waals surface area contributed by atoms with E-state index in [-0.39, 0.29) is 23.6 Å². The van der Waals surface area contributed by atoms with Crippen molar-refractivity contribution in [3.8, 4) is 11.5 Å². The molecule has 176 valence electrons. The zero-order chi connectivity index (χ0) is 24.4. The molecule has 2 aromatic rings. The van der Waals surface area contributed by atoms with Gasteiger partial charge in [0, 0.05) is 17.1 Å². The van der Waals surface area contributed by atoms with Gasteiger partial charge in [0.05, 0.1) is 14.2 Å². The number of benzene rings is 2. The van der Waals surface area contributed by atoms with Gasteiger partial charge >= 0.3 is 12.2 Å². The predicted octanol–water partition coefficient (Wildman–Crippen LogP) is 3.14. The average Bonchev–Trinajstić information content (AvgIpc) is 3.02. The third kappa shape index (κ3) is 4.68. The number of amides is 4. The molecule has 0 aromatic heterocycles. The molecule has 1 aliphatic heterocycles. The molecule has 1 atom stereocenters. The first-order valence-corrected chi connectivity index (χ1v) is 9.90. The van der Waals surface area contributed by atoms with Crippen molar-refractivity contribution in [2.24, 2.45) is 0 Å². The number of urea groups is 1. The second kappa shape index (κ2) is 9.18. The lowest BCUT2D eigenvalue weighted by atomic mass is 10.1. The van der Waals surface area contributed by atoms with Crippen LogP contribution in [0.1, 0.15) is 15.9 Å². The summed E-state index contributed by atoms with van der Waals surface area (Å²) in [7, 11) is 2.86. The molecule has 1 heterocycles. The zero-order valence-corrected chi connectivity index (χ0v) is 18.2. The number of halogens is 4. The number of carbonyl (C=O) groups is 3. The Kier molecular flexibility index (Phi) is 6.73. The van der Waals surface area contributed by atoms with Gasteiger partial charge in [0.15, 0.2) is 11.5 Å². The van der Waals surface area contributed by atoms with Crippen LogP contribution < -0.4 is 20.1 Å². The molecule has 1 saturated heterocycles. The van der Waals surface area contributed by atoms with Gasteiger partial charge in [0.25, 0.3) is 17.5 Å². The minimum atomic E-state index is -5.31. The molecular formula is C21H19ClF3N3O5. The van der Waals surface area contributed by atoms with Crippen LogP contribution in [0, 0.1) is 0 Å². The highest BCUT2D eigenvalue weighted by atomic mass is 35.5. The largest absolute Gasteiger partial charge is 0.493 e. The number of nitrogens with one attached hydrogen (secondary N) is 2. The maximum Gasteiger partial charge on any atom is 0.440 e. The van der Waals surface area contributed by atoms with Crippen LogP contribution in [0.25, 0.3) is 0 Å². The van der Waals surface area contributed by atoms with Gasteiger partial charge in [-0.05, 0) is 48.4 Å². The van der Waals surface area contributed by atoms with Crippen molar-refractivity contribution in [1.82, 2.24) is 15.5 Å². The van der Waals surface area contributed by atoms with Crippen molar-refractivity contribution in [2.75, 3.05) is 20.8 Å². The van der Waals surface area contributed by atoms with E-state index in [0.29, 0.717) is 22.0 Å². The first-order chi connectivity index (χ1) is 15.5. The lowest BCUT2D eigenvalue weighted by Crippen LogP contribution is -2.69. The molecule has 8 nitrogen and oxygen atoms in total. The molecule has 1 aliphatic rings. The number of ether oxygens (including phenoxy) is 2. The van der Waals surface area contributed by atoms with Crippen molar-refractivity contribution in [2.45, 2.75) is 18.3 Å². The van der Waals surface area contributed by atoms with Crippen LogP contribution in [0.3, 0.4) is 0 Å². The first kappa shape index (κ1) is 24.2. The maximum atomic E-state index is 14.0. The van der Waals surface area contributed by atoms with E-state index in [1.807, 2.05) is 0 Å². The summed E-state index contributed by atoms with van der Waals surface area (Å²) in [5.41, 5.74) is -3.19. The molecule has 33 heavy (non-hydrogen) atoms. The van der Waals surface area contributed by atoms with Crippen LogP contribution in [0.5, 0.6) is 11.5 Å². The van der Waals surface area contributed by atoms with E-state index in [9.17, 15) is 27.6 Å². The molecule has 12 heteroatoms. The molecule has 0 saturated carbocycles. The Labute approximate surface area is 191 Å². The summed E-state index contributed by atoms with van der Waals surface area (Å²) in [5.74, 6) is -2.02. The summed E-state index contributed by atoms with van der Waals surface area (Å²) in [6.45, 7) is -0.366. The van der Waals surface area contributed by atoms with E-state index < -0.39 is 29.7 Å². The number of nitrogens with zero attached hydrogens (tertiary/aromatic N) is 1. The lowest BCUT2D eigenvalue weighted by Gasteiger charge is -2.29. The molecule has 2 N–H and O–H groups in total. The number of methoxy groups -OCH3 is 2. The van der Waals surface area contributed by atoms with Crippen molar-refractivity contribution >= 4 is 29.4 Å². The van der Waals surface area contributed by atoms with E-state index in [0.717, 1.165) is 0 Å². The number of rotatable bonds is 7. The lowest BCUT2D eigenvalue weighted by molar-refractivity contribution is -0.200. The van der Waals surface area contributed by atoms with Gasteiger partial charge in [-0.1, -0.05) is 17.7 Å². The molecule has 0 aliphatic carbocycles. The predicted molar refractivity (Wildman–Crippen MR) is 111 cm³/mol. The molecule has 1 fully saturated rings. The van der Waals surface area contributed by atoms with Crippen LogP contribution in [0.2, 0.25) is 5.02 Å². The van der Waals surface area contributed by atoms with E-state index >= 15 is 0 Å². The number of hydrogen-bond acceptors (Lipinski definition) is 5. The van der Waals surface area contributed by atoms with Gasteiger partial charge < -0.3 is 14.8 Å². The smallest absolute Gasteiger partial charge is 0.440 e. The number of imide groups is 1. The third-order valence-electron chi connectivity index (χ3n) is 5.01. The van der Waals surface area contributed by atoms with Gasteiger partial charge in [-0.25, -0.2) is 4.79 Å². The average molecular weight is 486 g/mol. The molecule has 0 unspecified atom stereocenters. The van der Waals surface area contributed by atoms with Gasteiger partial charge in [-0.15, -0.1) is 0 Å². The Balaban J connectivity index is 1.82. The summed E-state index contributed by atoms with van der Waals surface area (Å²) < 4.78 is 52.2. The highest BCUT2D eigenvalue weighted by molar-refractivity contribution is 6.30. The molecule has 0 radical (unpaired) electrons. The standard InChI is InChI=1S/C21H19ClF3N3O5/c1-32-15-8-3-12(11-16(15)33-2)9-10-28-18(30)20(21(23,24)25,27-19(28)31)26-17(29)13-4-6-14(22)7-5-13/h3-8,11H,9-10H2,1-2H3,(H,26,29)(H,27,31)/t20-/m1/s1. The van der Waals surface area contributed by atoms with E-state index in [2.05, 4.69) is 0 Å². The molecule has 3 rings (SSSR count). The topological polar surface area (TPSA) is 97.0 Å². The normalized spacial score (nSPS) is 18.2. The number of alkyl halides is 3. The van der Waals surface area contributed by atoms with Crippen molar-refractivity contribution in [1.29, 1.82) is 0 Å². The van der Waals surface area contributed by atoms with Crippen LogP contribution >= 0.6 is 11.6 Å². The Morgan fingerprint density at radius 1 is 1.09 bits per heavy atom. The van der Waals surface area contributed by atoms with E-state index in [4.69, 9.17) is 21.1 Å². The van der Waals surface area contributed by atoms with Gasteiger partial charge in [-0.3, -0.25) is 19.8 Å². The highest BCUT2D eigenvalue weighted by Crippen LogP contribution is 2.34. The highest BCUT2D eigenvalue weighted by Gasteiger charge is 2.68. The summed E-state index contributed by atoms with van der Waals surface area (Å²) in [6.07, 6.45) is -5.27. The summed E-state index contributed by atoms with van der Waals surface area (Å²) in [5, 5.41) is 3.52. The molecule has 0 bridgehead atoms. The molecule has 0 spiro atoms. The second-order valence-electron chi connectivity index (χ2n) is 7.04. The van der Waals surface area contributed by atoms with Crippen LogP contribution in [-0.4, -0.2) is 55.3 Å². The SMILES string of the molecule is COc1ccc(CCN2C(=O)N[C@@](NC(=O)c3ccc(Cl)cc3)(C(F)(F)F)C2=O)cc1OC. The molecule has 2 aromatic carbocycles. The minimum absolute atomic E-state index is 0.0403. The Morgan fingerprint density at radius 3 is 2.30 bits per heavy atom. The first-order valence-electron chi connectivity index (χ1n) is 9.52. The van der Waals surface area contributed by atoms with Gasteiger partial charge in [0.1, 0.15) is 0 Å². The summed E-state index contributed by atoms with van der Waals surface area (Å²) >= 11 is 5.72. The van der Waals surface area contributed by atoms with Crippen LogP contribution in [0.4, 0.5) is 18.0 Å². The van der Waals surface area contributed by atoms with E-state index in [1.54, 1.807) is 28.8 Å². The Bertz CT molecular complexity index is 1080. The summed E-state index contributed by atoms with van der Waals surface area (Å²) in [4.78, 5) is 38.0. The quantitative estimate of drug-likeness (QED) is 0.587. The monoisotopic (exact) mass is 485 g/mol. The second-order valence-corrected chi connectivity index (χ2v) is 7.47. The van der Waals surface area contributed by atoms with Crippen LogP contribution in [-0.2, 0) is 11.2 Å². The summed E-state index contributed by atoms with van der Waals surface area (Å²) in [6, 6.07) is 8.51. The van der Waals surface area contributed by atoms with Gasteiger partial charge in [-0.2, -0.15) is 13.2 Å². The fourth-order valence-electron chi connectivity index (χ4n) is 3.25. The maximum absolute atomic E-state index is 14.0. The minimum Gasteiger partial charge on any atom is -0.493 e. The number of carbonyl (C=O) groups excluding carboxylic acids is 3. The van der Waals surface area contributed by atoms with Crippen molar-refractivity contribution < 1.29 is 37.0 Å². The van der Waals surface area contributed by atoms with Crippen LogP contribution in [0.15, 0.2) is 42.5 Å².